The first-order valence-corrected chi connectivity index (χ1v) is 7.33. The van der Waals surface area contributed by atoms with E-state index in [1.165, 1.54) is 0 Å². The van der Waals surface area contributed by atoms with Gasteiger partial charge in [0.15, 0.2) is 0 Å². The normalized spacial score (nSPS) is 11.3. The van der Waals surface area contributed by atoms with E-state index >= 15 is 0 Å². The van der Waals surface area contributed by atoms with Crippen molar-refractivity contribution >= 4 is 5.95 Å². The highest BCUT2D eigenvalue weighted by molar-refractivity contribution is 5.30. The summed E-state index contributed by atoms with van der Waals surface area (Å²) in [6.07, 6.45) is 0.435. The van der Waals surface area contributed by atoms with E-state index in [-0.39, 0.29) is 11.1 Å². The molecule has 118 valence electrons. The van der Waals surface area contributed by atoms with Crippen LogP contribution in [0.25, 0.3) is 0 Å². The SMILES string of the molecule is CCOc1ccc(Cc2nnc(NC(C)(C)C)[nH]c2=O)cc1. The maximum Gasteiger partial charge on any atom is 0.274 e. The molecule has 0 unspecified atom stereocenters. The number of hydrogen-bond acceptors (Lipinski definition) is 5. The lowest BCUT2D eigenvalue weighted by Gasteiger charge is -2.20. The number of aromatic amines is 1. The van der Waals surface area contributed by atoms with Crippen LogP contribution in [-0.4, -0.2) is 27.3 Å². The molecule has 0 fully saturated rings. The Morgan fingerprint density at radius 1 is 1.18 bits per heavy atom. The molecule has 0 spiro atoms. The summed E-state index contributed by atoms with van der Waals surface area (Å²) in [5.41, 5.74) is 0.966. The van der Waals surface area contributed by atoms with Gasteiger partial charge in [-0.15, -0.1) is 10.2 Å². The van der Waals surface area contributed by atoms with Gasteiger partial charge in [0.2, 0.25) is 5.95 Å². The van der Waals surface area contributed by atoms with Crippen molar-refractivity contribution in [2.75, 3.05) is 11.9 Å². The minimum absolute atomic E-state index is 0.186. The predicted molar refractivity (Wildman–Crippen MR) is 86.4 cm³/mol. The second kappa shape index (κ2) is 6.60. The summed E-state index contributed by atoms with van der Waals surface area (Å²) in [6.45, 7) is 8.53. The van der Waals surface area contributed by atoms with E-state index in [2.05, 4.69) is 20.5 Å². The van der Waals surface area contributed by atoms with E-state index < -0.39 is 0 Å². The van der Waals surface area contributed by atoms with Crippen molar-refractivity contribution in [1.29, 1.82) is 0 Å². The maximum atomic E-state index is 12.1. The fourth-order valence-electron chi connectivity index (χ4n) is 1.95. The molecule has 1 aromatic carbocycles. The lowest BCUT2D eigenvalue weighted by Crippen LogP contribution is -2.30. The number of hydrogen-bond donors (Lipinski definition) is 2. The Balaban J connectivity index is 2.11. The average molecular weight is 302 g/mol. The quantitative estimate of drug-likeness (QED) is 0.886. The van der Waals surface area contributed by atoms with Crippen molar-refractivity contribution < 1.29 is 4.74 Å². The first kappa shape index (κ1) is 16.0. The molecule has 0 saturated heterocycles. The minimum Gasteiger partial charge on any atom is -0.494 e. The fraction of sp³-hybridized carbons (Fsp3) is 0.438. The molecular formula is C16H22N4O2. The number of ether oxygens (including phenoxy) is 1. The van der Waals surface area contributed by atoms with Crippen LogP contribution >= 0.6 is 0 Å². The zero-order valence-electron chi connectivity index (χ0n) is 13.4. The van der Waals surface area contributed by atoms with Crippen molar-refractivity contribution in [2.45, 2.75) is 39.7 Å². The van der Waals surface area contributed by atoms with Crippen molar-refractivity contribution in [3.63, 3.8) is 0 Å². The number of aromatic nitrogens is 3. The molecule has 2 N–H and O–H groups in total. The van der Waals surface area contributed by atoms with Crippen molar-refractivity contribution in [3.8, 4) is 5.75 Å². The molecule has 0 bridgehead atoms. The smallest absolute Gasteiger partial charge is 0.274 e. The molecule has 0 aliphatic rings. The monoisotopic (exact) mass is 302 g/mol. The number of H-pyrrole nitrogens is 1. The van der Waals surface area contributed by atoms with E-state index in [1.807, 2.05) is 52.0 Å². The topological polar surface area (TPSA) is 79.9 Å². The standard InChI is InChI=1S/C16H22N4O2/c1-5-22-12-8-6-11(7-9-12)10-13-14(21)17-15(20-19-13)18-16(2,3)4/h6-9H,5,10H2,1-4H3,(H2,17,18,20,21). The van der Waals surface area contributed by atoms with Gasteiger partial charge in [0, 0.05) is 12.0 Å². The van der Waals surface area contributed by atoms with Crippen LogP contribution in [-0.2, 0) is 6.42 Å². The number of benzene rings is 1. The molecule has 2 aromatic rings. The lowest BCUT2D eigenvalue weighted by atomic mass is 10.1. The minimum atomic E-state index is -0.226. The number of nitrogens with zero attached hydrogens (tertiary/aromatic N) is 2. The van der Waals surface area contributed by atoms with Crippen molar-refractivity contribution in [1.82, 2.24) is 15.2 Å². The average Bonchev–Trinajstić information content (AvgIpc) is 2.42. The van der Waals surface area contributed by atoms with Gasteiger partial charge in [-0.1, -0.05) is 12.1 Å². The van der Waals surface area contributed by atoms with Gasteiger partial charge in [-0.2, -0.15) is 0 Å². The van der Waals surface area contributed by atoms with Crippen LogP contribution in [0.1, 0.15) is 39.0 Å². The predicted octanol–water partition coefficient (Wildman–Crippen LogP) is 2.36. The Bertz CT molecular complexity index is 672. The first-order valence-electron chi connectivity index (χ1n) is 7.33. The van der Waals surface area contributed by atoms with E-state index in [0.29, 0.717) is 24.7 Å². The summed E-state index contributed by atoms with van der Waals surface area (Å²) in [6, 6.07) is 7.62. The van der Waals surface area contributed by atoms with E-state index in [9.17, 15) is 4.79 Å². The van der Waals surface area contributed by atoms with E-state index in [0.717, 1.165) is 11.3 Å². The van der Waals surface area contributed by atoms with Gasteiger partial charge < -0.3 is 10.1 Å². The summed E-state index contributed by atoms with van der Waals surface area (Å²) in [5.74, 6) is 1.20. The molecule has 22 heavy (non-hydrogen) atoms. The Kier molecular flexibility index (Phi) is 4.80. The Morgan fingerprint density at radius 3 is 2.41 bits per heavy atom. The zero-order chi connectivity index (χ0) is 16.2. The van der Waals surface area contributed by atoms with Crippen LogP contribution in [0.4, 0.5) is 5.95 Å². The molecule has 1 aromatic heterocycles. The molecular weight excluding hydrogens is 280 g/mol. The van der Waals surface area contributed by atoms with Crippen LogP contribution in [0.2, 0.25) is 0 Å². The van der Waals surface area contributed by atoms with Gasteiger partial charge in [0.25, 0.3) is 5.56 Å². The molecule has 6 heteroatoms. The van der Waals surface area contributed by atoms with Crippen molar-refractivity contribution in [3.05, 3.63) is 45.9 Å². The third kappa shape index (κ3) is 4.58. The highest BCUT2D eigenvalue weighted by atomic mass is 16.5. The van der Waals surface area contributed by atoms with Gasteiger partial charge in [-0.25, -0.2) is 0 Å². The van der Waals surface area contributed by atoms with Gasteiger partial charge in [0.1, 0.15) is 11.4 Å². The molecule has 6 nitrogen and oxygen atoms in total. The molecule has 0 aliphatic heterocycles. The van der Waals surface area contributed by atoms with Crippen LogP contribution in [0.5, 0.6) is 5.75 Å². The van der Waals surface area contributed by atoms with Gasteiger partial charge in [-0.05, 0) is 45.4 Å². The molecule has 1 heterocycles. The lowest BCUT2D eigenvalue weighted by molar-refractivity contribution is 0.340. The number of rotatable bonds is 5. The van der Waals surface area contributed by atoms with E-state index in [4.69, 9.17) is 4.74 Å². The van der Waals surface area contributed by atoms with E-state index in [1.54, 1.807) is 0 Å². The number of anilines is 1. The highest BCUT2D eigenvalue weighted by Gasteiger charge is 2.12. The largest absolute Gasteiger partial charge is 0.494 e. The highest BCUT2D eigenvalue weighted by Crippen LogP contribution is 2.13. The Labute approximate surface area is 129 Å². The van der Waals surface area contributed by atoms with Gasteiger partial charge >= 0.3 is 0 Å². The summed E-state index contributed by atoms with van der Waals surface area (Å²) >= 11 is 0. The second-order valence-electron chi connectivity index (χ2n) is 6.08. The molecule has 0 radical (unpaired) electrons. The molecule has 0 atom stereocenters. The van der Waals surface area contributed by atoms with Crippen LogP contribution in [0.3, 0.4) is 0 Å². The molecule has 0 aliphatic carbocycles. The van der Waals surface area contributed by atoms with Crippen molar-refractivity contribution in [2.24, 2.45) is 0 Å². The summed E-state index contributed by atoms with van der Waals surface area (Å²) in [7, 11) is 0. The summed E-state index contributed by atoms with van der Waals surface area (Å²) in [4.78, 5) is 14.8. The Morgan fingerprint density at radius 2 is 1.86 bits per heavy atom. The van der Waals surface area contributed by atoms with Crippen LogP contribution < -0.4 is 15.6 Å². The second-order valence-corrected chi connectivity index (χ2v) is 6.08. The first-order chi connectivity index (χ1) is 10.4. The van der Waals surface area contributed by atoms with Gasteiger partial charge in [0.05, 0.1) is 6.61 Å². The fourth-order valence-corrected chi connectivity index (χ4v) is 1.95. The number of nitrogens with one attached hydrogen (secondary N) is 2. The third-order valence-electron chi connectivity index (χ3n) is 2.86. The summed E-state index contributed by atoms with van der Waals surface area (Å²) < 4.78 is 5.39. The molecule has 0 saturated carbocycles. The Hall–Kier alpha value is -2.37. The van der Waals surface area contributed by atoms with Crippen LogP contribution in [0.15, 0.2) is 29.1 Å². The van der Waals surface area contributed by atoms with Gasteiger partial charge in [-0.3, -0.25) is 9.78 Å². The third-order valence-corrected chi connectivity index (χ3v) is 2.86. The van der Waals surface area contributed by atoms with Crippen LogP contribution in [0, 0.1) is 0 Å². The zero-order valence-corrected chi connectivity index (χ0v) is 13.4. The maximum absolute atomic E-state index is 12.1. The molecule has 2 rings (SSSR count). The summed E-state index contributed by atoms with van der Waals surface area (Å²) in [5, 5.41) is 11.1. The molecule has 0 amide bonds.